The highest BCUT2D eigenvalue weighted by molar-refractivity contribution is 5.71. The van der Waals surface area contributed by atoms with E-state index in [4.69, 9.17) is 9.47 Å². The summed E-state index contributed by atoms with van der Waals surface area (Å²) in [6.45, 7) is 5.67. The highest BCUT2D eigenvalue weighted by Gasteiger charge is 2.52. The number of anilines is 3. The van der Waals surface area contributed by atoms with Crippen molar-refractivity contribution >= 4 is 23.4 Å². The lowest BCUT2D eigenvalue weighted by Gasteiger charge is -2.54. The average Bonchev–Trinajstić information content (AvgIpc) is 3.40. The number of fused-ring (bicyclic) bond motifs is 2. The fourth-order valence-electron chi connectivity index (χ4n) is 5.47. The number of benzene rings is 1. The Morgan fingerprint density at radius 1 is 1.23 bits per heavy atom. The number of amides is 1. The van der Waals surface area contributed by atoms with E-state index in [9.17, 15) is 10.1 Å². The van der Waals surface area contributed by atoms with Crippen LogP contribution in [-0.2, 0) is 9.47 Å². The SMILES string of the molecule is CN(c1ccc(-n2cncn2)cc1C#N)c1ncnc(NC2(C)C3COCC2CN(C(=O)OC2(C)CC2)C3)c1F. The monoisotopic (exact) mass is 547 g/mol. The minimum Gasteiger partial charge on any atom is -0.443 e. The van der Waals surface area contributed by atoms with Gasteiger partial charge in [0.05, 0.1) is 30.2 Å². The van der Waals surface area contributed by atoms with Gasteiger partial charge in [-0.2, -0.15) is 14.8 Å². The minimum atomic E-state index is -0.641. The number of hydrogen-bond donors (Lipinski definition) is 1. The molecule has 3 fully saturated rings. The standard InChI is InChI=1S/C27H30FN9O3/c1-26(6-7-26)40-25(38)36-10-18-12-39-13-19(11-36)27(18,2)34-23-22(28)24(32-15-31-23)35(3)21-5-4-20(8-17(21)9-29)37-16-30-14-33-37/h4-5,8,14-16,18-19H,6-7,10-13H2,1-3H3,(H,31,32,34). The first kappa shape index (κ1) is 25.9. The maximum absolute atomic E-state index is 16.0. The summed E-state index contributed by atoms with van der Waals surface area (Å²) in [5, 5.41) is 17.3. The Hall–Kier alpha value is -4.31. The van der Waals surface area contributed by atoms with E-state index in [-0.39, 0.29) is 35.2 Å². The van der Waals surface area contributed by atoms with Crippen molar-refractivity contribution in [3.63, 3.8) is 0 Å². The topological polar surface area (TPSA) is 134 Å². The predicted molar refractivity (Wildman–Crippen MR) is 142 cm³/mol. The van der Waals surface area contributed by atoms with Gasteiger partial charge >= 0.3 is 6.09 Å². The number of ether oxygens (including phenoxy) is 2. The summed E-state index contributed by atoms with van der Waals surface area (Å²) in [4.78, 5) is 28.5. The van der Waals surface area contributed by atoms with Gasteiger partial charge in [-0.05, 0) is 44.9 Å². The van der Waals surface area contributed by atoms with Crippen molar-refractivity contribution in [2.24, 2.45) is 11.8 Å². The Morgan fingerprint density at radius 3 is 2.62 bits per heavy atom. The van der Waals surface area contributed by atoms with Crippen LogP contribution in [-0.4, -0.2) is 80.2 Å². The zero-order valence-electron chi connectivity index (χ0n) is 22.5. The van der Waals surface area contributed by atoms with Crippen LogP contribution in [0.5, 0.6) is 0 Å². The third kappa shape index (κ3) is 4.58. The summed E-state index contributed by atoms with van der Waals surface area (Å²) in [6.07, 6.45) is 5.69. The third-order valence-corrected chi connectivity index (χ3v) is 8.38. The molecule has 2 unspecified atom stereocenters. The molecule has 13 heteroatoms. The number of hydrogen-bond acceptors (Lipinski definition) is 10. The summed E-state index contributed by atoms with van der Waals surface area (Å²) in [6, 6.07) is 7.31. The molecule has 2 bridgehead atoms. The predicted octanol–water partition coefficient (Wildman–Crippen LogP) is 3.27. The zero-order valence-corrected chi connectivity index (χ0v) is 22.5. The van der Waals surface area contributed by atoms with E-state index in [0.717, 1.165) is 12.8 Å². The van der Waals surface area contributed by atoms with Crippen molar-refractivity contribution in [1.82, 2.24) is 29.6 Å². The molecule has 2 aliphatic heterocycles. The highest BCUT2D eigenvalue weighted by atomic mass is 19.1. The fourth-order valence-corrected chi connectivity index (χ4v) is 5.47. The molecule has 2 atom stereocenters. The maximum Gasteiger partial charge on any atom is 0.410 e. The molecule has 208 valence electrons. The lowest BCUT2D eigenvalue weighted by atomic mass is 9.70. The molecular weight excluding hydrogens is 517 g/mol. The quantitative estimate of drug-likeness (QED) is 0.490. The van der Waals surface area contributed by atoms with Crippen LogP contribution in [0.1, 0.15) is 32.3 Å². The number of carbonyl (C=O) groups excluding carboxylic acids is 1. The highest BCUT2D eigenvalue weighted by Crippen LogP contribution is 2.43. The van der Waals surface area contributed by atoms with Crippen LogP contribution in [0.3, 0.4) is 0 Å². The van der Waals surface area contributed by atoms with Crippen LogP contribution in [0, 0.1) is 29.0 Å². The summed E-state index contributed by atoms with van der Waals surface area (Å²) in [5.41, 5.74) is 0.514. The number of rotatable bonds is 6. The summed E-state index contributed by atoms with van der Waals surface area (Å²) in [7, 11) is 1.65. The van der Waals surface area contributed by atoms with Crippen molar-refractivity contribution in [3.05, 3.63) is 48.6 Å². The average molecular weight is 548 g/mol. The van der Waals surface area contributed by atoms with E-state index in [1.54, 1.807) is 30.1 Å². The van der Waals surface area contributed by atoms with E-state index in [2.05, 4.69) is 31.4 Å². The fraction of sp³-hybridized carbons (Fsp3) is 0.481. The molecule has 1 amide bonds. The second-order valence-electron chi connectivity index (χ2n) is 11.1. The van der Waals surface area contributed by atoms with E-state index in [1.165, 1.54) is 28.6 Å². The van der Waals surface area contributed by atoms with Gasteiger partial charge in [-0.25, -0.2) is 24.4 Å². The van der Waals surface area contributed by atoms with Crippen molar-refractivity contribution in [3.8, 4) is 11.8 Å². The molecule has 12 nitrogen and oxygen atoms in total. The number of carbonyl (C=O) groups is 1. The smallest absolute Gasteiger partial charge is 0.410 e. The number of likely N-dealkylation sites (tertiary alicyclic amines) is 1. The summed E-state index contributed by atoms with van der Waals surface area (Å²) < 4.78 is 29.1. The molecule has 1 aliphatic carbocycles. The van der Waals surface area contributed by atoms with E-state index in [1.807, 2.05) is 13.8 Å². The van der Waals surface area contributed by atoms with Crippen molar-refractivity contribution in [1.29, 1.82) is 5.26 Å². The number of nitrogens with one attached hydrogen (secondary N) is 1. The largest absolute Gasteiger partial charge is 0.443 e. The normalized spacial score (nSPS) is 24.6. The molecule has 3 aromatic rings. The van der Waals surface area contributed by atoms with E-state index >= 15 is 4.39 Å². The van der Waals surface area contributed by atoms with Gasteiger partial charge in [-0.1, -0.05) is 0 Å². The number of piperidine rings is 1. The molecule has 40 heavy (non-hydrogen) atoms. The van der Waals surface area contributed by atoms with Gasteiger partial charge in [-0.15, -0.1) is 0 Å². The molecule has 2 aromatic heterocycles. The summed E-state index contributed by atoms with van der Waals surface area (Å²) in [5.74, 6) is -0.783. The van der Waals surface area contributed by atoms with E-state index in [0.29, 0.717) is 43.2 Å². The minimum absolute atomic E-state index is 0.0196. The van der Waals surface area contributed by atoms with Gasteiger partial charge in [0.15, 0.2) is 11.6 Å². The second kappa shape index (κ2) is 9.71. The van der Waals surface area contributed by atoms with Gasteiger partial charge < -0.3 is 24.6 Å². The molecule has 4 heterocycles. The second-order valence-corrected chi connectivity index (χ2v) is 11.1. The Bertz CT molecular complexity index is 1460. The zero-order chi connectivity index (χ0) is 28.1. The van der Waals surface area contributed by atoms with Gasteiger partial charge in [0.2, 0.25) is 5.82 Å². The van der Waals surface area contributed by atoms with Crippen molar-refractivity contribution in [2.45, 2.75) is 37.8 Å². The molecule has 0 spiro atoms. The number of nitrogens with zero attached hydrogens (tertiary/aromatic N) is 8. The molecule has 1 saturated carbocycles. The first-order valence-electron chi connectivity index (χ1n) is 13.2. The van der Waals surface area contributed by atoms with Crippen LogP contribution < -0.4 is 10.2 Å². The first-order valence-corrected chi connectivity index (χ1v) is 13.2. The van der Waals surface area contributed by atoms with Crippen molar-refractivity contribution in [2.75, 3.05) is 43.6 Å². The van der Waals surface area contributed by atoms with Gasteiger partial charge in [0.25, 0.3) is 0 Å². The number of halogens is 1. The van der Waals surface area contributed by atoms with Crippen LogP contribution in [0.15, 0.2) is 37.2 Å². The Balaban J connectivity index is 1.24. The number of nitriles is 1. The van der Waals surface area contributed by atoms with Gasteiger partial charge in [-0.3, -0.25) is 0 Å². The summed E-state index contributed by atoms with van der Waals surface area (Å²) >= 11 is 0. The van der Waals surface area contributed by atoms with Gasteiger partial charge in [0.1, 0.15) is 30.7 Å². The van der Waals surface area contributed by atoms with E-state index < -0.39 is 11.4 Å². The van der Waals surface area contributed by atoms with Crippen LogP contribution >= 0.6 is 0 Å². The third-order valence-electron chi connectivity index (χ3n) is 8.38. The maximum atomic E-state index is 16.0. The molecule has 1 N–H and O–H groups in total. The molecule has 3 aliphatic rings. The Kier molecular flexibility index (Phi) is 6.29. The van der Waals surface area contributed by atoms with Crippen LogP contribution in [0.4, 0.5) is 26.5 Å². The molecule has 2 saturated heterocycles. The lowest BCUT2D eigenvalue weighted by molar-refractivity contribution is -0.0815. The lowest BCUT2D eigenvalue weighted by Crippen LogP contribution is -2.66. The Morgan fingerprint density at radius 2 is 1.98 bits per heavy atom. The Labute approximate surface area is 230 Å². The molecule has 0 radical (unpaired) electrons. The molecular formula is C27H30FN9O3. The van der Waals surface area contributed by atoms with Gasteiger partial charge in [0, 0.05) is 37.5 Å². The van der Waals surface area contributed by atoms with Crippen molar-refractivity contribution < 1.29 is 18.7 Å². The molecule has 1 aromatic carbocycles. The number of aromatic nitrogens is 5. The van der Waals surface area contributed by atoms with Crippen LogP contribution in [0.25, 0.3) is 5.69 Å². The molecule has 6 rings (SSSR count). The van der Waals surface area contributed by atoms with Crippen LogP contribution in [0.2, 0.25) is 0 Å². The first-order chi connectivity index (χ1) is 19.2.